The molecule has 0 aliphatic carbocycles. The molecule has 1 atom stereocenters. The summed E-state index contributed by atoms with van der Waals surface area (Å²) in [6.07, 6.45) is 0.302. The predicted octanol–water partition coefficient (Wildman–Crippen LogP) is 4.55. The first-order valence-corrected chi connectivity index (χ1v) is 7.74. The summed E-state index contributed by atoms with van der Waals surface area (Å²) in [6, 6.07) is 8.38. The molecule has 0 saturated heterocycles. The van der Waals surface area contributed by atoms with Gasteiger partial charge in [-0.05, 0) is 51.2 Å². The SMILES string of the molecule is Cc1cscc1C(O)Cc1csc2ccccc12. The van der Waals surface area contributed by atoms with Crippen LogP contribution in [0.5, 0.6) is 0 Å². The van der Waals surface area contributed by atoms with E-state index in [1.165, 1.54) is 21.2 Å². The minimum Gasteiger partial charge on any atom is -0.388 e. The number of fused-ring (bicyclic) bond motifs is 1. The van der Waals surface area contributed by atoms with Crippen LogP contribution in [0, 0.1) is 6.92 Å². The van der Waals surface area contributed by atoms with E-state index in [1.807, 2.05) is 0 Å². The van der Waals surface area contributed by atoms with Gasteiger partial charge < -0.3 is 5.11 Å². The van der Waals surface area contributed by atoms with Gasteiger partial charge >= 0.3 is 0 Å². The van der Waals surface area contributed by atoms with E-state index in [0.29, 0.717) is 6.42 Å². The molecule has 0 saturated carbocycles. The molecule has 3 heteroatoms. The summed E-state index contributed by atoms with van der Waals surface area (Å²) >= 11 is 3.40. The van der Waals surface area contributed by atoms with Gasteiger partial charge in [-0.15, -0.1) is 11.3 Å². The molecule has 1 N–H and O–H groups in total. The van der Waals surface area contributed by atoms with Crippen molar-refractivity contribution in [3.05, 3.63) is 57.1 Å². The predicted molar refractivity (Wildman–Crippen MR) is 79.5 cm³/mol. The van der Waals surface area contributed by atoms with E-state index in [4.69, 9.17) is 0 Å². The van der Waals surface area contributed by atoms with Crippen molar-refractivity contribution in [2.75, 3.05) is 0 Å². The van der Waals surface area contributed by atoms with E-state index >= 15 is 0 Å². The zero-order chi connectivity index (χ0) is 12.5. The van der Waals surface area contributed by atoms with E-state index < -0.39 is 6.10 Å². The van der Waals surface area contributed by atoms with Gasteiger partial charge in [-0.25, -0.2) is 0 Å². The molecular weight excluding hydrogens is 260 g/mol. The van der Waals surface area contributed by atoms with E-state index in [0.717, 1.165) is 5.56 Å². The largest absolute Gasteiger partial charge is 0.388 e. The van der Waals surface area contributed by atoms with Gasteiger partial charge in [-0.3, -0.25) is 0 Å². The van der Waals surface area contributed by atoms with E-state index in [9.17, 15) is 5.11 Å². The van der Waals surface area contributed by atoms with Crippen LogP contribution in [0.15, 0.2) is 40.4 Å². The second-order valence-electron chi connectivity index (χ2n) is 4.49. The van der Waals surface area contributed by atoms with Crippen molar-refractivity contribution >= 4 is 32.8 Å². The van der Waals surface area contributed by atoms with Crippen molar-refractivity contribution in [3.63, 3.8) is 0 Å². The summed E-state index contributed by atoms with van der Waals surface area (Å²) in [5, 5.41) is 17.9. The zero-order valence-electron chi connectivity index (χ0n) is 10.1. The lowest BCUT2D eigenvalue weighted by Gasteiger charge is -2.09. The summed E-state index contributed by atoms with van der Waals surface area (Å²) in [5.74, 6) is 0. The lowest BCUT2D eigenvalue weighted by Crippen LogP contribution is -2.01. The number of aliphatic hydroxyl groups is 1. The third-order valence-electron chi connectivity index (χ3n) is 3.23. The first kappa shape index (κ1) is 11.9. The number of aliphatic hydroxyl groups excluding tert-OH is 1. The molecular formula is C15H14OS2. The number of hydrogen-bond acceptors (Lipinski definition) is 3. The maximum atomic E-state index is 10.3. The maximum absolute atomic E-state index is 10.3. The number of thiophene rings is 2. The molecule has 1 nitrogen and oxygen atoms in total. The van der Waals surface area contributed by atoms with Crippen molar-refractivity contribution in [2.45, 2.75) is 19.4 Å². The van der Waals surface area contributed by atoms with E-state index in [-0.39, 0.29) is 0 Å². The Bertz CT molecular complexity index is 666. The van der Waals surface area contributed by atoms with Crippen molar-refractivity contribution < 1.29 is 5.11 Å². The molecule has 1 unspecified atom stereocenters. The van der Waals surface area contributed by atoms with Crippen molar-refractivity contribution in [1.82, 2.24) is 0 Å². The molecule has 0 bridgehead atoms. The summed E-state index contributed by atoms with van der Waals surface area (Å²) < 4.78 is 1.29. The molecule has 18 heavy (non-hydrogen) atoms. The van der Waals surface area contributed by atoms with Gasteiger partial charge in [0.15, 0.2) is 0 Å². The Morgan fingerprint density at radius 2 is 2.00 bits per heavy atom. The van der Waals surface area contributed by atoms with Gasteiger partial charge in [0.05, 0.1) is 6.10 Å². The molecule has 3 aromatic rings. The highest BCUT2D eigenvalue weighted by atomic mass is 32.1. The highest BCUT2D eigenvalue weighted by Gasteiger charge is 2.14. The van der Waals surface area contributed by atoms with Gasteiger partial charge in [-0.2, -0.15) is 11.3 Å². The van der Waals surface area contributed by atoms with Crippen molar-refractivity contribution in [2.24, 2.45) is 0 Å². The van der Waals surface area contributed by atoms with Crippen molar-refractivity contribution in [1.29, 1.82) is 0 Å². The van der Waals surface area contributed by atoms with Gasteiger partial charge in [0.2, 0.25) is 0 Å². The standard InChI is InChI=1S/C15H14OS2/c1-10-7-17-9-13(10)14(16)6-11-8-18-15-5-3-2-4-12(11)15/h2-5,7-9,14,16H,6H2,1H3. The zero-order valence-corrected chi connectivity index (χ0v) is 11.7. The molecule has 0 aliphatic rings. The average molecular weight is 274 g/mol. The van der Waals surface area contributed by atoms with Crippen LogP contribution < -0.4 is 0 Å². The van der Waals surface area contributed by atoms with Crippen LogP contribution in [-0.2, 0) is 6.42 Å². The third kappa shape index (κ3) is 2.09. The lowest BCUT2D eigenvalue weighted by molar-refractivity contribution is 0.179. The third-order valence-corrected chi connectivity index (χ3v) is 5.12. The van der Waals surface area contributed by atoms with Gasteiger partial charge in [0, 0.05) is 11.1 Å². The molecule has 0 amide bonds. The summed E-state index contributed by atoms with van der Waals surface area (Å²) in [7, 11) is 0. The topological polar surface area (TPSA) is 20.2 Å². The van der Waals surface area contributed by atoms with Crippen LogP contribution in [-0.4, -0.2) is 5.11 Å². The molecule has 0 aliphatic heterocycles. The quantitative estimate of drug-likeness (QED) is 0.743. The maximum Gasteiger partial charge on any atom is 0.0841 e. The second kappa shape index (κ2) is 4.84. The Morgan fingerprint density at radius 3 is 2.78 bits per heavy atom. The molecule has 0 radical (unpaired) electrons. The average Bonchev–Trinajstić information content (AvgIpc) is 2.97. The summed E-state index contributed by atoms with van der Waals surface area (Å²) in [4.78, 5) is 0. The molecule has 0 spiro atoms. The van der Waals surface area contributed by atoms with E-state index in [1.54, 1.807) is 22.7 Å². The number of rotatable bonds is 3. The lowest BCUT2D eigenvalue weighted by atomic mass is 10.0. The molecule has 2 heterocycles. The molecule has 1 aromatic carbocycles. The van der Waals surface area contributed by atoms with Crippen LogP contribution >= 0.6 is 22.7 Å². The van der Waals surface area contributed by atoms with Crippen LogP contribution in [0.4, 0.5) is 0 Å². The number of hydrogen-bond donors (Lipinski definition) is 1. The minimum absolute atomic E-state index is 0.394. The smallest absolute Gasteiger partial charge is 0.0841 e. The Labute approximate surface area is 114 Å². The van der Waals surface area contributed by atoms with Crippen molar-refractivity contribution in [3.8, 4) is 0 Å². The molecule has 3 rings (SSSR count). The normalized spacial score (nSPS) is 13.0. The highest BCUT2D eigenvalue weighted by Crippen LogP contribution is 2.31. The highest BCUT2D eigenvalue weighted by molar-refractivity contribution is 7.17. The van der Waals surface area contributed by atoms with Crippen LogP contribution in [0.2, 0.25) is 0 Å². The Morgan fingerprint density at radius 1 is 1.17 bits per heavy atom. The Hall–Kier alpha value is -1.16. The van der Waals surface area contributed by atoms with E-state index in [2.05, 4.69) is 47.3 Å². The van der Waals surface area contributed by atoms with Crippen LogP contribution in [0.1, 0.15) is 22.8 Å². The fourth-order valence-corrected chi connectivity index (χ4v) is 4.09. The molecule has 2 aromatic heterocycles. The number of aryl methyl sites for hydroxylation is 1. The van der Waals surface area contributed by atoms with Crippen LogP contribution in [0.25, 0.3) is 10.1 Å². The fourth-order valence-electron chi connectivity index (χ4n) is 2.22. The summed E-state index contributed by atoms with van der Waals surface area (Å²) in [6.45, 7) is 2.06. The second-order valence-corrected chi connectivity index (χ2v) is 6.14. The molecule has 92 valence electrons. The summed E-state index contributed by atoms with van der Waals surface area (Å²) in [5.41, 5.74) is 3.50. The Balaban J connectivity index is 1.91. The van der Waals surface area contributed by atoms with Gasteiger partial charge in [0.25, 0.3) is 0 Å². The Kier molecular flexibility index (Phi) is 3.20. The van der Waals surface area contributed by atoms with Gasteiger partial charge in [-0.1, -0.05) is 18.2 Å². The van der Waals surface area contributed by atoms with Gasteiger partial charge in [0.1, 0.15) is 0 Å². The first-order chi connectivity index (χ1) is 8.75. The first-order valence-electron chi connectivity index (χ1n) is 5.91. The fraction of sp³-hybridized carbons (Fsp3) is 0.200. The monoisotopic (exact) mass is 274 g/mol. The minimum atomic E-state index is -0.394. The number of benzene rings is 1. The van der Waals surface area contributed by atoms with Crippen LogP contribution in [0.3, 0.4) is 0 Å². The molecule has 0 fully saturated rings.